The lowest BCUT2D eigenvalue weighted by Gasteiger charge is -2.41. The molecule has 4 heteroatoms. The quantitative estimate of drug-likeness (QED) is 0.838. The van der Waals surface area contributed by atoms with Crippen LogP contribution >= 0.6 is 15.9 Å². The van der Waals surface area contributed by atoms with E-state index < -0.39 is 0 Å². The Morgan fingerprint density at radius 3 is 2.40 bits per heavy atom. The van der Waals surface area contributed by atoms with Crippen LogP contribution in [0.5, 0.6) is 0 Å². The minimum absolute atomic E-state index is 0.839. The molecule has 1 saturated heterocycles. The average molecular weight is 338 g/mol. The number of hydrogen-bond donors (Lipinski definition) is 1. The summed E-state index contributed by atoms with van der Waals surface area (Å²) in [5.74, 6) is 0. The van der Waals surface area contributed by atoms with Gasteiger partial charge in [0, 0.05) is 36.7 Å². The van der Waals surface area contributed by atoms with Gasteiger partial charge in [0.15, 0.2) is 0 Å². The van der Waals surface area contributed by atoms with Gasteiger partial charge in [0.1, 0.15) is 0 Å². The fourth-order valence-electron chi connectivity index (χ4n) is 3.56. The van der Waals surface area contributed by atoms with Crippen molar-refractivity contribution < 1.29 is 0 Å². The zero-order chi connectivity index (χ0) is 13.9. The van der Waals surface area contributed by atoms with E-state index in [0.717, 1.165) is 29.3 Å². The molecule has 0 unspecified atom stereocenters. The zero-order valence-electron chi connectivity index (χ0n) is 12.0. The van der Waals surface area contributed by atoms with Crippen LogP contribution in [-0.4, -0.2) is 37.1 Å². The van der Waals surface area contributed by atoms with Crippen molar-refractivity contribution in [1.29, 1.82) is 0 Å². The van der Waals surface area contributed by atoms with Gasteiger partial charge in [-0.25, -0.2) is 0 Å². The first-order valence-corrected chi connectivity index (χ1v) is 8.57. The summed E-state index contributed by atoms with van der Waals surface area (Å²) in [6.45, 7) is 4.54. The van der Waals surface area contributed by atoms with Crippen LogP contribution < -0.4 is 10.6 Å². The van der Waals surface area contributed by atoms with Crippen LogP contribution in [0.3, 0.4) is 0 Å². The van der Waals surface area contributed by atoms with E-state index in [1.165, 1.54) is 50.9 Å². The Labute approximate surface area is 130 Å². The number of nitrogens with zero attached hydrogens (tertiary/aromatic N) is 2. The Kier molecular flexibility index (Phi) is 4.51. The summed E-state index contributed by atoms with van der Waals surface area (Å²) in [6, 6.07) is 6.99. The Hall–Kier alpha value is -0.740. The van der Waals surface area contributed by atoms with Crippen molar-refractivity contribution in [3.05, 3.63) is 22.7 Å². The van der Waals surface area contributed by atoms with Crippen molar-refractivity contribution in [3.8, 4) is 0 Å². The fourth-order valence-corrected chi connectivity index (χ4v) is 3.91. The Balaban J connectivity index is 1.61. The van der Waals surface area contributed by atoms with E-state index >= 15 is 0 Å². The normalized spacial score (nSPS) is 22.1. The van der Waals surface area contributed by atoms with Gasteiger partial charge in [0.2, 0.25) is 0 Å². The van der Waals surface area contributed by atoms with E-state index in [1.54, 1.807) is 0 Å². The van der Waals surface area contributed by atoms with Gasteiger partial charge in [-0.15, -0.1) is 0 Å². The second-order valence-corrected chi connectivity index (χ2v) is 6.93. The highest BCUT2D eigenvalue weighted by molar-refractivity contribution is 9.10. The minimum Gasteiger partial charge on any atom is -0.397 e. The molecule has 0 bridgehead atoms. The summed E-state index contributed by atoms with van der Waals surface area (Å²) in [5.41, 5.74) is 8.19. The molecule has 1 aliphatic carbocycles. The molecule has 110 valence electrons. The molecule has 0 spiro atoms. The molecule has 0 radical (unpaired) electrons. The summed E-state index contributed by atoms with van der Waals surface area (Å²) in [4.78, 5) is 5.13. The summed E-state index contributed by atoms with van der Waals surface area (Å²) in [5, 5.41) is 0. The van der Waals surface area contributed by atoms with Gasteiger partial charge in [-0.1, -0.05) is 35.2 Å². The molecule has 2 N–H and O–H groups in total. The van der Waals surface area contributed by atoms with Crippen LogP contribution in [0.15, 0.2) is 22.7 Å². The lowest BCUT2D eigenvalue weighted by Crippen LogP contribution is -2.51. The molecule has 1 aliphatic heterocycles. The maximum absolute atomic E-state index is 6.12. The first-order chi connectivity index (χ1) is 9.74. The van der Waals surface area contributed by atoms with Gasteiger partial charge < -0.3 is 10.6 Å². The maximum atomic E-state index is 6.12. The van der Waals surface area contributed by atoms with Crippen molar-refractivity contribution in [2.75, 3.05) is 36.8 Å². The van der Waals surface area contributed by atoms with E-state index in [4.69, 9.17) is 5.73 Å². The summed E-state index contributed by atoms with van der Waals surface area (Å²) < 4.78 is 1.11. The number of rotatable bonds is 2. The third-order valence-electron chi connectivity index (χ3n) is 4.74. The van der Waals surface area contributed by atoms with Gasteiger partial charge in [-0.05, 0) is 31.0 Å². The van der Waals surface area contributed by atoms with Gasteiger partial charge >= 0.3 is 0 Å². The van der Waals surface area contributed by atoms with Crippen LogP contribution in [0.25, 0.3) is 0 Å². The predicted octanol–water partition coefficient (Wildman–Crippen LogP) is 3.49. The molecule has 1 heterocycles. The molecule has 1 aromatic rings. The molecule has 2 aliphatic rings. The molecule has 3 rings (SSSR count). The van der Waals surface area contributed by atoms with Gasteiger partial charge in [0.05, 0.1) is 11.4 Å². The van der Waals surface area contributed by atoms with E-state index in [9.17, 15) is 0 Å². The number of hydrogen-bond acceptors (Lipinski definition) is 3. The first kappa shape index (κ1) is 14.2. The average Bonchev–Trinajstić information content (AvgIpc) is 2.51. The van der Waals surface area contributed by atoms with Crippen LogP contribution in [-0.2, 0) is 0 Å². The van der Waals surface area contributed by atoms with Crippen molar-refractivity contribution in [1.82, 2.24) is 4.90 Å². The number of nitrogen functional groups attached to an aromatic ring is 1. The molecular weight excluding hydrogens is 314 g/mol. The number of piperazine rings is 1. The fraction of sp³-hybridized carbons (Fsp3) is 0.625. The molecule has 0 amide bonds. The van der Waals surface area contributed by atoms with E-state index in [2.05, 4.69) is 31.8 Å². The second-order valence-electron chi connectivity index (χ2n) is 6.02. The number of anilines is 2. The Bertz CT molecular complexity index is 449. The molecular formula is C16H24BrN3. The first-order valence-electron chi connectivity index (χ1n) is 7.78. The van der Waals surface area contributed by atoms with Crippen molar-refractivity contribution in [2.24, 2.45) is 0 Å². The molecule has 1 aromatic carbocycles. The molecule has 20 heavy (non-hydrogen) atoms. The lowest BCUT2D eigenvalue weighted by molar-refractivity contribution is 0.148. The van der Waals surface area contributed by atoms with Gasteiger partial charge in [-0.3, -0.25) is 4.90 Å². The monoisotopic (exact) mass is 337 g/mol. The highest BCUT2D eigenvalue weighted by atomic mass is 79.9. The van der Waals surface area contributed by atoms with Crippen LogP contribution in [0, 0.1) is 0 Å². The Morgan fingerprint density at radius 2 is 1.70 bits per heavy atom. The topological polar surface area (TPSA) is 32.5 Å². The maximum Gasteiger partial charge on any atom is 0.0612 e. The van der Waals surface area contributed by atoms with Crippen molar-refractivity contribution in [3.63, 3.8) is 0 Å². The lowest BCUT2D eigenvalue weighted by atomic mass is 9.94. The van der Waals surface area contributed by atoms with E-state index in [1.807, 2.05) is 12.1 Å². The van der Waals surface area contributed by atoms with Gasteiger partial charge in [0.25, 0.3) is 0 Å². The third kappa shape index (κ3) is 3.12. The largest absolute Gasteiger partial charge is 0.397 e. The van der Waals surface area contributed by atoms with Crippen molar-refractivity contribution in [2.45, 2.75) is 38.1 Å². The van der Waals surface area contributed by atoms with E-state index in [0.29, 0.717) is 0 Å². The SMILES string of the molecule is Nc1ccc(Br)cc1N1CCN(C2CCCCC2)CC1. The molecule has 3 nitrogen and oxygen atoms in total. The van der Waals surface area contributed by atoms with Crippen LogP contribution in [0.4, 0.5) is 11.4 Å². The summed E-state index contributed by atoms with van der Waals surface area (Å²) in [6.07, 6.45) is 7.08. The summed E-state index contributed by atoms with van der Waals surface area (Å²) >= 11 is 3.54. The Morgan fingerprint density at radius 1 is 1.00 bits per heavy atom. The van der Waals surface area contributed by atoms with Crippen molar-refractivity contribution >= 4 is 27.3 Å². The summed E-state index contributed by atoms with van der Waals surface area (Å²) in [7, 11) is 0. The number of halogens is 1. The highest BCUT2D eigenvalue weighted by Crippen LogP contribution is 2.29. The molecule has 2 fully saturated rings. The predicted molar refractivity (Wildman–Crippen MR) is 89.2 cm³/mol. The molecule has 0 aromatic heterocycles. The second kappa shape index (κ2) is 6.35. The van der Waals surface area contributed by atoms with Crippen LogP contribution in [0.2, 0.25) is 0 Å². The minimum atomic E-state index is 0.839. The van der Waals surface area contributed by atoms with E-state index in [-0.39, 0.29) is 0 Å². The zero-order valence-corrected chi connectivity index (χ0v) is 13.6. The highest BCUT2D eigenvalue weighted by Gasteiger charge is 2.25. The molecule has 0 atom stereocenters. The third-order valence-corrected chi connectivity index (χ3v) is 5.23. The standard InChI is InChI=1S/C16H24BrN3/c17-13-6-7-15(18)16(12-13)20-10-8-19(9-11-20)14-4-2-1-3-5-14/h6-7,12,14H,1-5,8-11,18H2. The number of benzene rings is 1. The number of nitrogens with two attached hydrogens (primary N) is 1. The van der Waals surface area contributed by atoms with Crippen LogP contribution in [0.1, 0.15) is 32.1 Å². The molecule has 1 saturated carbocycles. The van der Waals surface area contributed by atoms with Gasteiger partial charge in [-0.2, -0.15) is 0 Å². The smallest absolute Gasteiger partial charge is 0.0612 e.